The summed E-state index contributed by atoms with van der Waals surface area (Å²) in [6.45, 7) is 5.46. The van der Waals surface area contributed by atoms with Crippen molar-refractivity contribution >= 4 is 5.69 Å². The fraction of sp³-hybridized carbons (Fsp3) is 0.333. The van der Waals surface area contributed by atoms with Gasteiger partial charge in [0.2, 0.25) is 0 Å². The molecule has 0 spiro atoms. The van der Waals surface area contributed by atoms with Crippen LogP contribution in [0.2, 0.25) is 0 Å². The molecule has 0 aliphatic heterocycles. The Kier molecular flexibility index (Phi) is 5.64. The van der Waals surface area contributed by atoms with Gasteiger partial charge < -0.3 is 14.8 Å². The van der Waals surface area contributed by atoms with Crippen LogP contribution in [0.25, 0.3) is 0 Å². The molecule has 21 heavy (non-hydrogen) atoms. The topological polar surface area (TPSA) is 30.5 Å². The Bertz CT molecular complexity index is 569. The van der Waals surface area contributed by atoms with Crippen LogP contribution in [0.5, 0.6) is 5.75 Å². The van der Waals surface area contributed by atoms with Crippen LogP contribution in [-0.2, 0) is 4.74 Å². The van der Waals surface area contributed by atoms with Crippen LogP contribution in [0.3, 0.4) is 0 Å². The molecule has 2 aromatic carbocycles. The lowest BCUT2D eigenvalue weighted by molar-refractivity contribution is 0.146. The summed E-state index contributed by atoms with van der Waals surface area (Å²) in [7, 11) is 1.67. The Morgan fingerprint density at radius 1 is 1.05 bits per heavy atom. The van der Waals surface area contributed by atoms with Crippen molar-refractivity contribution in [2.75, 3.05) is 25.6 Å². The van der Waals surface area contributed by atoms with Gasteiger partial charge in [-0.25, -0.2) is 0 Å². The molecule has 0 saturated carbocycles. The number of aryl methyl sites for hydroxylation is 1. The highest BCUT2D eigenvalue weighted by atomic mass is 16.5. The van der Waals surface area contributed by atoms with Gasteiger partial charge in [-0.15, -0.1) is 0 Å². The summed E-state index contributed by atoms with van der Waals surface area (Å²) in [4.78, 5) is 0. The lowest BCUT2D eigenvalue weighted by Gasteiger charge is -2.18. The zero-order valence-corrected chi connectivity index (χ0v) is 12.9. The molecule has 0 aromatic heterocycles. The SMILES string of the molecule is COCCOc1cccc(NC(C)c2ccccc2C)c1. The molecule has 0 radical (unpaired) electrons. The smallest absolute Gasteiger partial charge is 0.121 e. The van der Waals surface area contributed by atoms with E-state index in [1.807, 2.05) is 18.2 Å². The van der Waals surface area contributed by atoms with Crippen molar-refractivity contribution in [3.63, 3.8) is 0 Å². The third kappa shape index (κ3) is 4.50. The van der Waals surface area contributed by atoms with E-state index in [0.717, 1.165) is 11.4 Å². The Morgan fingerprint density at radius 3 is 2.62 bits per heavy atom. The third-order valence-electron chi connectivity index (χ3n) is 3.43. The maximum atomic E-state index is 5.63. The predicted molar refractivity (Wildman–Crippen MR) is 87.0 cm³/mol. The molecule has 3 heteroatoms. The van der Waals surface area contributed by atoms with Crippen LogP contribution in [0, 0.1) is 6.92 Å². The summed E-state index contributed by atoms with van der Waals surface area (Å²) in [5.41, 5.74) is 3.66. The van der Waals surface area contributed by atoms with Crippen molar-refractivity contribution in [1.82, 2.24) is 0 Å². The Morgan fingerprint density at radius 2 is 1.86 bits per heavy atom. The molecule has 2 rings (SSSR count). The molecule has 0 amide bonds. The summed E-state index contributed by atoms with van der Waals surface area (Å²) >= 11 is 0. The fourth-order valence-corrected chi connectivity index (χ4v) is 2.32. The maximum absolute atomic E-state index is 5.63. The number of anilines is 1. The Balaban J connectivity index is 2.02. The van der Waals surface area contributed by atoms with Crippen LogP contribution in [0.4, 0.5) is 5.69 Å². The number of hydrogen-bond donors (Lipinski definition) is 1. The molecule has 112 valence electrons. The second kappa shape index (κ2) is 7.70. The standard InChI is InChI=1S/C18H23NO2/c1-14-7-4-5-10-18(14)15(2)19-16-8-6-9-17(13-16)21-12-11-20-3/h4-10,13,15,19H,11-12H2,1-3H3. The monoisotopic (exact) mass is 285 g/mol. The first-order valence-electron chi connectivity index (χ1n) is 7.24. The van der Waals surface area contributed by atoms with E-state index in [2.05, 4.69) is 49.5 Å². The quantitative estimate of drug-likeness (QED) is 0.774. The molecular weight excluding hydrogens is 262 g/mol. The predicted octanol–water partition coefficient (Wildman–Crippen LogP) is 4.19. The minimum atomic E-state index is 0.250. The summed E-state index contributed by atoms with van der Waals surface area (Å²) in [6.07, 6.45) is 0. The van der Waals surface area contributed by atoms with Crippen LogP contribution < -0.4 is 10.1 Å². The lowest BCUT2D eigenvalue weighted by Crippen LogP contribution is -2.08. The summed E-state index contributed by atoms with van der Waals surface area (Å²) in [5, 5.41) is 3.52. The first-order chi connectivity index (χ1) is 10.2. The van der Waals surface area contributed by atoms with Gasteiger partial charge in [-0.3, -0.25) is 0 Å². The molecule has 0 bridgehead atoms. The van der Waals surface area contributed by atoms with Gasteiger partial charge in [0.15, 0.2) is 0 Å². The molecule has 0 saturated heterocycles. The van der Waals surface area contributed by atoms with Gasteiger partial charge in [-0.1, -0.05) is 30.3 Å². The highest BCUT2D eigenvalue weighted by Crippen LogP contribution is 2.24. The summed E-state index contributed by atoms with van der Waals surface area (Å²) < 4.78 is 10.6. The summed E-state index contributed by atoms with van der Waals surface area (Å²) in [6, 6.07) is 16.7. The van der Waals surface area contributed by atoms with Gasteiger partial charge in [0.25, 0.3) is 0 Å². The van der Waals surface area contributed by atoms with Gasteiger partial charge >= 0.3 is 0 Å². The number of rotatable bonds is 7. The zero-order valence-electron chi connectivity index (χ0n) is 12.9. The van der Waals surface area contributed by atoms with Crippen LogP contribution in [0.15, 0.2) is 48.5 Å². The molecule has 1 unspecified atom stereocenters. The molecule has 3 nitrogen and oxygen atoms in total. The third-order valence-corrected chi connectivity index (χ3v) is 3.43. The molecule has 1 N–H and O–H groups in total. The highest BCUT2D eigenvalue weighted by molar-refractivity contribution is 5.50. The van der Waals surface area contributed by atoms with Crippen LogP contribution >= 0.6 is 0 Å². The van der Waals surface area contributed by atoms with Crippen molar-refractivity contribution in [3.8, 4) is 5.75 Å². The van der Waals surface area contributed by atoms with Crippen LogP contribution in [0.1, 0.15) is 24.1 Å². The number of methoxy groups -OCH3 is 1. The van der Waals surface area contributed by atoms with Crippen molar-refractivity contribution in [2.45, 2.75) is 19.9 Å². The Labute approximate surface area is 126 Å². The van der Waals surface area contributed by atoms with E-state index in [4.69, 9.17) is 9.47 Å². The van der Waals surface area contributed by atoms with Crippen LogP contribution in [-0.4, -0.2) is 20.3 Å². The molecule has 0 heterocycles. The van der Waals surface area contributed by atoms with E-state index in [0.29, 0.717) is 13.2 Å². The van der Waals surface area contributed by atoms with E-state index in [1.165, 1.54) is 11.1 Å². The fourth-order valence-electron chi connectivity index (χ4n) is 2.32. The molecule has 0 aliphatic carbocycles. The van der Waals surface area contributed by atoms with Crippen molar-refractivity contribution in [3.05, 3.63) is 59.7 Å². The second-order valence-corrected chi connectivity index (χ2v) is 5.09. The molecule has 0 aliphatic rings. The highest BCUT2D eigenvalue weighted by Gasteiger charge is 2.08. The second-order valence-electron chi connectivity index (χ2n) is 5.09. The van der Waals surface area contributed by atoms with Gasteiger partial charge in [-0.2, -0.15) is 0 Å². The van der Waals surface area contributed by atoms with Gasteiger partial charge in [0.1, 0.15) is 12.4 Å². The van der Waals surface area contributed by atoms with E-state index in [-0.39, 0.29) is 6.04 Å². The average molecular weight is 285 g/mol. The number of hydrogen-bond acceptors (Lipinski definition) is 3. The maximum Gasteiger partial charge on any atom is 0.121 e. The van der Waals surface area contributed by atoms with E-state index in [9.17, 15) is 0 Å². The normalized spacial score (nSPS) is 12.0. The van der Waals surface area contributed by atoms with Crippen molar-refractivity contribution in [1.29, 1.82) is 0 Å². The summed E-state index contributed by atoms with van der Waals surface area (Å²) in [5.74, 6) is 0.856. The first-order valence-corrected chi connectivity index (χ1v) is 7.24. The van der Waals surface area contributed by atoms with Crippen molar-refractivity contribution < 1.29 is 9.47 Å². The molecular formula is C18H23NO2. The number of ether oxygens (including phenoxy) is 2. The van der Waals surface area contributed by atoms with E-state index < -0.39 is 0 Å². The minimum Gasteiger partial charge on any atom is -0.491 e. The lowest BCUT2D eigenvalue weighted by atomic mass is 10.0. The number of nitrogens with one attached hydrogen (secondary N) is 1. The molecule has 2 aromatic rings. The van der Waals surface area contributed by atoms with Gasteiger partial charge in [0, 0.05) is 24.9 Å². The minimum absolute atomic E-state index is 0.250. The molecule has 1 atom stereocenters. The van der Waals surface area contributed by atoms with E-state index in [1.54, 1.807) is 7.11 Å². The van der Waals surface area contributed by atoms with Gasteiger partial charge in [-0.05, 0) is 37.1 Å². The first kappa shape index (κ1) is 15.4. The van der Waals surface area contributed by atoms with Crippen molar-refractivity contribution in [2.24, 2.45) is 0 Å². The molecule has 0 fully saturated rings. The average Bonchev–Trinajstić information content (AvgIpc) is 2.48. The van der Waals surface area contributed by atoms with Gasteiger partial charge in [0.05, 0.1) is 6.61 Å². The Hall–Kier alpha value is -2.00. The zero-order chi connectivity index (χ0) is 15.1. The largest absolute Gasteiger partial charge is 0.491 e. The van der Waals surface area contributed by atoms with E-state index >= 15 is 0 Å². The number of benzene rings is 2.